The van der Waals surface area contributed by atoms with E-state index in [0.717, 1.165) is 0 Å². The number of benzene rings is 1. The summed E-state index contributed by atoms with van der Waals surface area (Å²) in [4.78, 5) is 19.1. The molecular formula is C13H13ClO4. The third kappa shape index (κ3) is 10.4. The summed E-state index contributed by atoms with van der Waals surface area (Å²) in [6, 6.07) is 10.1. The fourth-order valence-corrected chi connectivity index (χ4v) is 0.976. The molecule has 1 aromatic rings. The van der Waals surface area contributed by atoms with E-state index in [4.69, 9.17) is 21.8 Å². The maximum Gasteiger partial charge on any atom is 0.328 e. The molecule has 18 heavy (non-hydrogen) atoms. The van der Waals surface area contributed by atoms with Gasteiger partial charge in [0.25, 0.3) is 0 Å². The van der Waals surface area contributed by atoms with Crippen molar-refractivity contribution in [3.63, 3.8) is 0 Å². The molecule has 1 aromatic carbocycles. The highest BCUT2D eigenvalue weighted by molar-refractivity contribution is 6.19. The number of allylic oxidation sites excluding steroid dienone is 1. The van der Waals surface area contributed by atoms with E-state index in [9.17, 15) is 9.59 Å². The first-order valence-corrected chi connectivity index (χ1v) is 5.51. The van der Waals surface area contributed by atoms with Crippen LogP contribution in [0.4, 0.5) is 0 Å². The van der Waals surface area contributed by atoms with Crippen molar-refractivity contribution in [2.24, 2.45) is 0 Å². The summed E-state index contributed by atoms with van der Waals surface area (Å²) in [6.07, 6.45) is 5.05. The second-order valence-corrected chi connectivity index (χ2v) is 3.29. The van der Waals surface area contributed by atoms with Gasteiger partial charge in [-0.15, -0.1) is 11.6 Å². The van der Waals surface area contributed by atoms with E-state index in [-0.39, 0.29) is 0 Å². The van der Waals surface area contributed by atoms with Crippen LogP contribution in [0.2, 0.25) is 0 Å². The Labute approximate surface area is 110 Å². The molecule has 0 amide bonds. The van der Waals surface area contributed by atoms with Gasteiger partial charge in [0.2, 0.25) is 0 Å². The summed E-state index contributed by atoms with van der Waals surface area (Å²) in [5, 5.41) is 15.6. The van der Waals surface area contributed by atoms with Crippen LogP contribution in [-0.2, 0) is 9.59 Å². The normalized spacial score (nSPS) is 10.1. The number of aliphatic carboxylic acids is 2. The minimum Gasteiger partial charge on any atom is -0.478 e. The lowest BCUT2D eigenvalue weighted by Gasteiger charge is -1.87. The first kappa shape index (κ1) is 15.9. The van der Waals surface area contributed by atoms with E-state index in [1.807, 2.05) is 42.5 Å². The molecule has 1 rings (SSSR count). The lowest BCUT2D eigenvalue weighted by molar-refractivity contribution is -0.134. The Kier molecular flexibility index (Phi) is 8.95. The molecule has 0 spiro atoms. The number of halogens is 1. The molecule has 0 saturated carbocycles. The number of carbonyl (C=O) groups is 2. The van der Waals surface area contributed by atoms with Crippen molar-refractivity contribution >= 4 is 29.6 Å². The van der Waals surface area contributed by atoms with Crippen LogP contribution in [0.3, 0.4) is 0 Å². The smallest absolute Gasteiger partial charge is 0.328 e. The van der Waals surface area contributed by atoms with Crippen LogP contribution in [0.15, 0.2) is 48.6 Å². The number of hydrogen-bond acceptors (Lipinski definition) is 2. The zero-order valence-corrected chi connectivity index (χ0v) is 10.2. The molecule has 0 aromatic heterocycles. The molecule has 0 radical (unpaired) electrons. The van der Waals surface area contributed by atoms with E-state index < -0.39 is 11.9 Å². The molecule has 2 N–H and O–H groups in total. The van der Waals surface area contributed by atoms with Crippen molar-refractivity contribution in [1.29, 1.82) is 0 Å². The number of rotatable bonds is 4. The fourth-order valence-electron chi connectivity index (χ4n) is 0.887. The number of hydrogen-bond donors (Lipinski definition) is 2. The van der Waals surface area contributed by atoms with Gasteiger partial charge in [-0.2, -0.15) is 0 Å². The third-order valence-corrected chi connectivity index (χ3v) is 1.75. The van der Waals surface area contributed by atoms with Crippen LogP contribution in [-0.4, -0.2) is 28.0 Å². The predicted octanol–water partition coefficient (Wildman–Crippen LogP) is 2.65. The number of carboxylic acids is 2. The van der Waals surface area contributed by atoms with Gasteiger partial charge < -0.3 is 10.2 Å². The van der Waals surface area contributed by atoms with Gasteiger partial charge in [0.05, 0.1) is 0 Å². The summed E-state index contributed by atoms with van der Waals surface area (Å²) in [7, 11) is 0. The highest BCUT2D eigenvalue weighted by Gasteiger charge is 1.88. The molecule has 0 heterocycles. The second-order valence-electron chi connectivity index (χ2n) is 2.98. The molecule has 0 atom stereocenters. The average Bonchev–Trinajstić information content (AvgIpc) is 2.36. The van der Waals surface area contributed by atoms with Crippen LogP contribution in [0.25, 0.3) is 6.08 Å². The average molecular weight is 269 g/mol. The van der Waals surface area contributed by atoms with Gasteiger partial charge in [-0.3, -0.25) is 0 Å². The minimum atomic E-state index is -1.26. The Morgan fingerprint density at radius 2 is 1.56 bits per heavy atom. The van der Waals surface area contributed by atoms with Crippen LogP contribution in [0, 0.1) is 0 Å². The fraction of sp³-hybridized carbons (Fsp3) is 0.0769. The van der Waals surface area contributed by atoms with Crippen molar-refractivity contribution in [1.82, 2.24) is 0 Å². The molecule has 0 unspecified atom stereocenters. The van der Waals surface area contributed by atoms with Crippen molar-refractivity contribution in [2.45, 2.75) is 0 Å². The van der Waals surface area contributed by atoms with Crippen LogP contribution in [0.5, 0.6) is 0 Å². The Balaban J connectivity index is 0.000000331. The van der Waals surface area contributed by atoms with Gasteiger partial charge in [-0.05, 0) is 5.56 Å². The largest absolute Gasteiger partial charge is 0.478 e. The van der Waals surface area contributed by atoms with Gasteiger partial charge >= 0.3 is 11.9 Å². The van der Waals surface area contributed by atoms with Gasteiger partial charge in [0, 0.05) is 18.0 Å². The van der Waals surface area contributed by atoms with Crippen LogP contribution < -0.4 is 0 Å². The molecule has 0 aliphatic rings. The van der Waals surface area contributed by atoms with Crippen LogP contribution >= 0.6 is 11.6 Å². The molecule has 0 saturated heterocycles. The van der Waals surface area contributed by atoms with Crippen molar-refractivity contribution in [3.05, 3.63) is 54.1 Å². The third-order valence-electron chi connectivity index (χ3n) is 1.57. The Morgan fingerprint density at radius 1 is 1.06 bits per heavy atom. The quantitative estimate of drug-likeness (QED) is 0.650. The highest BCUT2D eigenvalue weighted by Crippen LogP contribution is 2.00. The molecule has 4 nitrogen and oxygen atoms in total. The summed E-state index contributed by atoms with van der Waals surface area (Å²) in [5.74, 6) is -1.94. The molecular weight excluding hydrogens is 256 g/mol. The SMILES string of the molecule is ClCC=Cc1ccccc1.O=C(O)C=CC(=O)O. The minimum absolute atomic E-state index is 0.558. The summed E-state index contributed by atoms with van der Waals surface area (Å²) < 4.78 is 0. The second kappa shape index (κ2) is 10.1. The summed E-state index contributed by atoms with van der Waals surface area (Å²) in [5.41, 5.74) is 1.20. The molecule has 0 aliphatic heterocycles. The van der Waals surface area contributed by atoms with Gasteiger partial charge in [-0.25, -0.2) is 9.59 Å². The summed E-state index contributed by atoms with van der Waals surface area (Å²) >= 11 is 5.46. The molecule has 96 valence electrons. The first-order valence-electron chi connectivity index (χ1n) is 4.97. The molecule has 0 aliphatic carbocycles. The summed E-state index contributed by atoms with van der Waals surface area (Å²) in [6.45, 7) is 0. The number of carboxylic acid groups (broad SMARTS) is 2. The van der Waals surface area contributed by atoms with Gasteiger partial charge in [-0.1, -0.05) is 42.5 Å². The monoisotopic (exact) mass is 268 g/mol. The topological polar surface area (TPSA) is 74.6 Å². The standard InChI is InChI=1S/C9H9Cl.C4H4O4/c10-8-4-7-9-5-2-1-3-6-9;5-3(6)1-2-4(7)8/h1-7H,8H2;1-2H,(H,5,6)(H,7,8). The Morgan fingerprint density at radius 3 is 1.94 bits per heavy atom. The predicted molar refractivity (Wildman–Crippen MR) is 70.6 cm³/mol. The van der Waals surface area contributed by atoms with Gasteiger partial charge in [0.15, 0.2) is 0 Å². The van der Waals surface area contributed by atoms with Crippen LogP contribution in [0.1, 0.15) is 5.56 Å². The van der Waals surface area contributed by atoms with E-state index >= 15 is 0 Å². The molecule has 0 fully saturated rings. The van der Waals surface area contributed by atoms with Crippen molar-refractivity contribution in [2.75, 3.05) is 5.88 Å². The lowest BCUT2D eigenvalue weighted by atomic mass is 10.2. The van der Waals surface area contributed by atoms with Crippen molar-refractivity contribution in [3.8, 4) is 0 Å². The maximum atomic E-state index is 9.55. The van der Waals surface area contributed by atoms with E-state index in [1.165, 1.54) is 5.56 Å². The van der Waals surface area contributed by atoms with Gasteiger partial charge in [0.1, 0.15) is 0 Å². The lowest BCUT2D eigenvalue weighted by Crippen LogP contribution is -1.91. The zero-order chi connectivity index (χ0) is 13.8. The molecule has 5 heteroatoms. The Bertz CT molecular complexity index is 408. The zero-order valence-electron chi connectivity index (χ0n) is 9.49. The maximum absolute atomic E-state index is 9.55. The van der Waals surface area contributed by atoms with E-state index in [0.29, 0.717) is 18.0 Å². The first-order chi connectivity index (χ1) is 8.56. The Hall–Kier alpha value is -2.07. The van der Waals surface area contributed by atoms with Crippen molar-refractivity contribution < 1.29 is 19.8 Å². The highest BCUT2D eigenvalue weighted by atomic mass is 35.5. The van der Waals surface area contributed by atoms with E-state index in [2.05, 4.69) is 0 Å². The molecule has 0 bridgehead atoms. The number of alkyl halides is 1. The van der Waals surface area contributed by atoms with E-state index in [1.54, 1.807) is 0 Å².